The largest absolute Gasteiger partial charge is 0.463 e. The summed E-state index contributed by atoms with van der Waals surface area (Å²) in [7, 11) is 0. The van der Waals surface area contributed by atoms with Crippen molar-refractivity contribution >= 4 is 11.9 Å². The zero-order valence-electron chi connectivity index (χ0n) is 12.9. The number of ether oxygens (including phenoxy) is 2. The first kappa shape index (κ1) is 18.7. The highest BCUT2D eigenvalue weighted by Crippen LogP contribution is 2.04. The number of carbonyl (C=O) groups is 2. The lowest BCUT2D eigenvalue weighted by molar-refractivity contribution is -0.140. The van der Waals surface area contributed by atoms with Crippen LogP contribution in [0.3, 0.4) is 0 Å². The molecule has 4 nitrogen and oxygen atoms in total. The fourth-order valence-electron chi connectivity index (χ4n) is 1.60. The van der Waals surface area contributed by atoms with E-state index in [1.807, 2.05) is 6.92 Å². The molecule has 0 unspecified atom stereocenters. The molecule has 0 spiro atoms. The molecule has 0 saturated heterocycles. The smallest absolute Gasteiger partial charge is 0.331 e. The van der Waals surface area contributed by atoms with Crippen molar-refractivity contribution in [2.75, 3.05) is 13.2 Å². The van der Waals surface area contributed by atoms with Crippen LogP contribution in [0.4, 0.5) is 0 Å². The molecule has 0 atom stereocenters. The number of rotatable bonds is 12. The summed E-state index contributed by atoms with van der Waals surface area (Å²) in [6.07, 6.45) is 10.9. The highest BCUT2D eigenvalue weighted by atomic mass is 16.5. The average molecular weight is 284 g/mol. The topological polar surface area (TPSA) is 52.6 Å². The van der Waals surface area contributed by atoms with Gasteiger partial charge < -0.3 is 9.47 Å². The third-order valence-corrected chi connectivity index (χ3v) is 2.84. The first-order valence-corrected chi connectivity index (χ1v) is 7.72. The lowest BCUT2D eigenvalue weighted by Gasteiger charge is -2.02. The van der Waals surface area contributed by atoms with E-state index in [0.717, 1.165) is 37.8 Å². The van der Waals surface area contributed by atoms with Crippen molar-refractivity contribution in [3.05, 3.63) is 12.2 Å². The highest BCUT2D eigenvalue weighted by Gasteiger charge is 2.00. The number of esters is 2. The molecule has 0 aliphatic carbocycles. The van der Waals surface area contributed by atoms with Crippen LogP contribution in [-0.4, -0.2) is 25.2 Å². The zero-order valence-corrected chi connectivity index (χ0v) is 12.9. The lowest BCUT2D eigenvalue weighted by Crippen LogP contribution is -2.06. The van der Waals surface area contributed by atoms with E-state index >= 15 is 0 Å². The summed E-state index contributed by atoms with van der Waals surface area (Å²) in [5.41, 5.74) is 0. The molecular weight excluding hydrogens is 256 g/mol. The fourth-order valence-corrected chi connectivity index (χ4v) is 1.60. The van der Waals surface area contributed by atoms with Gasteiger partial charge in [0, 0.05) is 12.2 Å². The maximum Gasteiger partial charge on any atom is 0.331 e. The van der Waals surface area contributed by atoms with Crippen LogP contribution in [-0.2, 0) is 19.1 Å². The molecule has 4 heteroatoms. The molecule has 116 valence electrons. The van der Waals surface area contributed by atoms with Gasteiger partial charge in [-0.3, -0.25) is 0 Å². The van der Waals surface area contributed by atoms with Crippen molar-refractivity contribution in [2.45, 2.75) is 65.2 Å². The summed E-state index contributed by atoms with van der Waals surface area (Å²) in [5.74, 6) is -0.971. The Morgan fingerprint density at radius 2 is 1.15 bits per heavy atom. The van der Waals surface area contributed by atoms with E-state index in [2.05, 4.69) is 6.92 Å². The fraction of sp³-hybridized carbons (Fsp3) is 0.750. The van der Waals surface area contributed by atoms with Crippen LogP contribution in [0.2, 0.25) is 0 Å². The molecule has 0 aliphatic heterocycles. The van der Waals surface area contributed by atoms with E-state index in [-0.39, 0.29) is 0 Å². The highest BCUT2D eigenvalue weighted by molar-refractivity contribution is 5.91. The Hall–Kier alpha value is -1.32. The van der Waals surface area contributed by atoms with E-state index in [0.29, 0.717) is 13.2 Å². The normalized spacial score (nSPS) is 10.7. The van der Waals surface area contributed by atoms with Crippen molar-refractivity contribution in [1.82, 2.24) is 0 Å². The van der Waals surface area contributed by atoms with Gasteiger partial charge >= 0.3 is 11.9 Å². The Labute approximate surface area is 122 Å². The van der Waals surface area contributed by atoms with Crippen LogP contribution >= 0.6 is 0 Å². The van der Waals surface area contributed by atoms with Gasteiger partial charge in [-0.25, -0.2) is 9.59 Å². The van der Waals surface area contributed by atoms with Gasteiger partial charge in [0.2, 0.25) is 0 Å². The van der Waals surface area contributed by atoms with Gasteiger partial charge in [0.05, 0.1) is 13.2 Å². The second-order valence-electron chi connectivity index (χ2n) is 4.79. The minimum atomic E-state index is -0.491. The molecule has 20 heavy (non-hydrogen) atoms. The third kappa shape index (κ3) is 13.1. The van der Waals surface area contributed by atoms with Crippen molar-refractivity contribution < 1.29 is 19.1 Å². The van der Waals surface area contributed by atoms with Crippen molar-refractivity contribution in [3.8, 4) is 0 Å². The number of unbranched alkanes of at least 4 members (excludes halogenated alkanes) is 6. The molecule has 0 aromatic heterocycles. The van der Waals surface area contributed by atoms with Crippen LogP contribution in [0.1, 0.15) is 65.2 Å². The predicted octanol–water partition coefficient (Wildman–Crippen LogP) is 3.79. The third-order valence-electron chi connectivity index (χ3n) is 2.84. The molecule has 0 saturated carbocycles. The quantitative estimate of drug-likeness (QED) is 0.311. The van der Waals surface area contributed by atoms with E-state index < -0.39 is 11.9 Å². The van der Waals surface area contributed by atoms with Gasteiger partial charge in [-0.2, -0.15) is 0 Å². The van der Waals surface area contributed by atoms with Gasteiger partial charge in [0.1, 0.15) is 0 Å². The summed E-state index contributed by atoms with van der Waals surface area (Å²) in [4.78, 5) is 22.5. The average Bonchev–Trinajstić information content (AvgIpc) is 2.44. The Morgan fingerprint density at radius 3 is 1.70 bits per heavy atom. The van der Waals surface area contributed by atoms with Gasteiger partial charge in [0.15, 0.2) is 0 Å². The second kappa shape index (κ2) is 14.1. The Morgan fingerprint density at radius 1 is 0.700 bits per heavy atom. The molecule has 0 N–H and O–H groups in total. The summed E-state index contributed by atoms with van der Waals surface area (Å²) in [6, 6.07) is 0. The van der Waals surface area contributed by atoms with E-state index in [4.69, 9.17) is 9.47 Å². The van der Waals surface area contributed by atoms with Crippen LogP contribution in [0, 0.1) is 0 Å². The minimum absolute atomic E-state index is 0.395. The summed E-state index contributed by atoms with van der Waals surface area (Å²) in [6.45, 7) is 5.01. The maximum atomic E-state index is 11.3. The van der Waals surface area contributed by atoms with Crippen LogP contribution in [0.25, 0.3) is 0 Å². The SMILES string of the molecule is CCCCCCCCOC(=O)/C=C\C(=O)OCCCC. The molecular formula is C16H28O4. The molecule has 0 bridgehead atoms. The Kier molecular flexibility index (Phi) is 13.2. The summed E-state index contributed by atoms with van der Waals surface area (Å²) >= 11 is 0. The van der Waals surface area contributed by atoms with Crippen LogP contribution in [0.15, 0.2) is 12.2 Å². The van der Waals surface area contributed by atoms with E-state index in [9.17, 15) is 9.59 Å². The Balaban J connectivity index is 3.50. The minimum Gasteiger partial charge on any atom is -0.463 e. The number of hydrogen-bond acceptors (Lipinski definition) is 4. The molecule has 0 aromatic rings. The summed E-state index contributed by atoms with van der Waals surface area (Å²) < 4.78 is 9.87. The first-order valence-electron chi connectivity index (χ1n) is 7.72. The number of carbonyl (C=O) groups excluding carboxylic acids is 2. The van der Waals surface area contributed by atoms with Crippen molar-refractivity contribution in [2.24, 2.45) is 0 Å². The molecule has 0 amide bonds. The van der Waals surface area contributed by atoms with Crippen LogP contribution in [0.5, 0.6) is 0 Å². The Bertz CT molecular complexity index is 284. The van der Waals surface area contributed by atoms with Gasteiger partial charge in [-0.1, -0.05) is 52.4 Å². The summed E-state index contributed by atoms with van der Waals surface area (Å²) in [5, 5.41) is 0. The molecule has 0 heterocycles. The molecule has 0 fully saturated rings. The standard InChI is InChI=1S/C16H28O4/c1-3-5-7-8-9-10-14-20-16(18)12-11-15(17)19-13-6-4-2/h11-12H,3-10,13-14H2,1-2H3/b12-11-. The van der Waals surface area contributed by atoms with Crippen LogP contribution < -0.4 is 0 Å². The maximum absolute atomic E-state index is 11.3. The first-order chi connectivity index (χ1) is 9.70. The zero-order chi connectivity index (χ0) is 15.1. The second-order valence-corrected chi connectivity index (χ2v) is 4.79. The number of hydrogen-bond donors (Lipinski definition) is 0. The van der Waals surface area contributed by atoms with Crippen molar-refractivity contribution in [3.63, 3.8) is 0 Å². The van der Waals surface area contributed by atoms with Crippen molar-refractivity contribution in [1.29, 1.82) is 0 Å². The molecule has 0 radical (unpaired) electrons. The van der Waals surface area contributed by atoms with Gasteiger partial charge in [-0.15, -0.1) is 0 Å². The predicted molar refractivity (Wildman–Crippen MR) is 79.3 cm³/mol. The van der Waals surface area contributed by atoms with E-state index in [1.165, 1.54) is 25.7 Å². The molecule has 0 rings (SSSR count). The monoisotopic (exact) mass is 284 g/mol. The lowest BCUT2D eigenvalue weighted by atomic mass is 10.1. The van der Waals surface area contributed by atoms with Gasteiger partial charge in [0.25, 0.3) is 0 Å². The van der Waals surface area contributed by atoms with E-state index in [1.54, 1.807) is 0 Å². The molecule has 0 aliphatic rings. The van der Waals surface area contributed by atoms with Gasteiger partial charge in [-0.05, 0) is 12.8 Å². The molecule has 0 aromatic carbocycles.